The molecule has 0 atom stereocenters. The van der Waals surface area contributed by atoms with Crippen molar-refractivity contribution in [3.8, 4) is 0 Å². The lowest BCUT2D eigenvalue weighted by molar-refractivity contribution is 0.0592. The van der Waals surface area contributed by atoms with Crippen molar-refractivity contribution in [2.24, 2.45) is 0 Å². The molecule has 2 N–H and O–H groups in total. The van der Waals surface area contributed by atoms with Crippen LogP contribution in [0.2, 0.25) is 0 Å². The Kier molecular flexibility index (Phi) is 4.11. The van der Waals surface area contributed by atoms with E-state index in [1.807, 2.05) is 0 Å². The molecule has 1 fully saturated rings. The number of nitrogens with zero attached hydrogens (tertiary/aromatic N) is 2. The first kappa shape index (κ1) is 12.1. The van der Waals surface area contributed by atoms with Gasteiger partial charge in [0.2, 0.25) is 0 Å². The Hall–Kier alpha value is -1.40. The molecule has 0 aliphatic carbocycles. The molecule has 1 aromatic rings. The van der Waals surface area contributed by atoms with Crippen LogP contribution in [0, 0.1) is 0 Å². The second kappa shape index (κ2) is 5.79. The van der Waals surface area contributed by atoms with Crippen molar-refractivity contribution in [3.63, 3.8) is 0 Å². The predicted molar refractivity (Wildman–Crippen MR) is 62.9 cm³/mol. The second-order valence-corrected chi connectivity index (χ2v) is 4.10. The Morgan fingerprint density at radius 1 is 1.53 bits per heavy atom. The summed E-state index contributed by atoms with van der Waals surface area (Å²) in [7, 11) is 1.38. The lowest BCUT2D eigenvalue weighted by Gasteiger charge is -2.26. The van der Waals surface area contributed by atoms with Gasteiger partial charge in [0.15, 0.2) is 0 Å². The fraction of sp³-hybridized carbons (Fsp3) is 0.636. The topological polar surface area (TPSA) is 70.2 Å². The molecule has 0 spiro atoms. The average Bonchev–Trinajstić information content (AvgIpc) is 2.85. The third-order valence-electron chi connectivity index (χ3n) is 3.01. The summed E-state index contributed by atoms with van der Waals surface area (Å²) >= 11 is 0. The molecular formula is C11H18N4O2. The highest BCUT2D eigenvalue weighted by atomic mass is 16.5. The number of hydrogen-bond acceptors (Lipinski definition) is 5. The van der Waals surface area contributed by atoms with E-state index in [2.05, 4.69) is 20.4 Å². The van der Waals surface area contributed by atoms with Crippen LogP contribution < -0.4 is 5.32 Å². The van der Waals surface area contributed by atoms with E-state index in [-0.39, 0.29) is 5.97 Å². The number of esters is 1. The molecule has 2 heterocycles. The molecule has 1 aliphatic heterocycles. The van der Waals surface area contributed by atoms with Crippen LogP contribution in [0.15, 0.2) is 6.20 Å². The Morgan fingerprint density at radius 2 is 2.29 bits per heavy atom. The molecule has 0 bridgehead atoms. The molecule has 0 saturated carbocycles. The van der Waals surface area contributed by atoms with E-state index in [4.69, 9.17) is 4.74 Å². The van der Waals surface area contributed by atoms with E-state index >= 15 is 0 Å². The van der Waals surface area contributed by atoms with Crippen molar-refractivity contribution in [3.05, 3.63) is 17.5 Å². The maximum atomic E-state index is 11.4. The zero-order chi connectivity index (χ0) is 12.1. The summed E-state index contributed by atoms with van der Waals surface area (Å²) in [5.41, 5.74) is 1.40. The van der Waals surface area contributed by atoms with Gasteiger partial charge < -0.3 is 15.0 Å². The van der Waals surface area contributed by atoms with Crippen molar-refractivity contribution in [1.82, 2.24) is 20.4 Å². The van der Waals surface area contributed by atoms with Gasteiger partial charge in [-0.25, -0.2) is 4.79 Å². The number of carbonyl (C=O) groups excluding carboxylic acids is 1. The Morgan fingerprint density at radius 3 is 3.00 bits per heavy atom. The molecule has 0 radical (unpaired) electrons. The molecule has 1 aromatic heterocycles. The molecule has 6 nitrogen and oxygen atoms in total. The zero-order valence-electron chi connectivity index (χ0n) is 10.0. The molecule has 6 heteroatoms. The number of piperazine rings is 1. The van der Waals surface area contributed by atoms with E-state index in [1.165, 1.54) is 7.11 Å². The van der Waals surface area contributed by atoms with E-state index in [1.54, 1.807) is 6.20 Å². The molecule has 0 unspecified atom stereocenters. The van der Waals surface area contributed by atoms with Crippen molar-refractivity contribution >= 4 is 5.97 Å². The highest BCUT2D eigenvalue weighted by molar-refractivity contribution is 5.88. The monoisotopic (exact) mass is 238 g/mol. The van der Waals surface area contributed by atoms with Gasteiger partial charge in [-0.3, -0.25) is 5.10 Å². The summed E-state index contributed by atoms with van der Waals surface area (Å²) in [6.45, 7) is 5.15. The third kappa shape index (κ3) is 3.04. The minimum absolute atomic E-state index is 0.349. The van der Waals surface area contributed by atoms with Gasteiger partial charge >= 0.3 is 5.97 Å². The first-order chi connectivity index (χ1) is 8.31. The van der Waals surface area contributed by atoms with E-state index < -0.39 is 0 Å². The first-order valence-electron chi connectivity index (χ1n) is 5.85. The summed E-state index contributed by atoms with van der Waals surface area (Å²) in [6, 6.07) is 0. The molecule has 94 valence electrons. The van der Waals surface area contributed by atoms with E-state index in [0.29, 0.717) is 5.69 Å². The number of methoxy groups -OCH3 is 1. The molecule has 17 heavy (non-hydrogen) atoms. The van der Waals surface area contributed by atoms with Gasteiger partial charge in [-0.05, 0) is 6.42 Å². The number of carbonyl (C=O) groups is 1. The lowest BCUT2D eigenvalue weighted by Crippen LogP contribution is -2.44. The maximum Gasteiger partial charge on any atom is 0.356 e. The number of aromatic amines is 1. The maximum absolute atomic E-state index is 11.4. The first-order valence-corrected chi connectivity index (χ1v) is 5.85. The van der Waals surface area contributed by atoms with Gasteiger partial charge in [-0.1, -0.05) is 0 Å². The van der Waals surface area contributed by atoms with Crippen LogP contribution in [0.5, 0.6) is 0 Å². The highest BCUT2D eigenvalue weighted by Crippen LogP contribution is 2.08. The Labute approximate surface area is 100 Å². The number of ether oxygens (including phenoxy) is 1. The van der Waals surface area contributed by atoms with Gasteiger partial charge in [-0.15, -0.1) is 0 Å². The van der Waals surface area contributed by atoms with Crippen molar-refractivity contribution in [2.75, 3.05) is 39.8 Å². The standard InChI is InChI=1S/C11H18N4O2/c1-17-11(16)10-9(8-13-14-10)2-5-15-6-3-12-4-7-15/h8,12H,2-7H2,1H3,(H,13,14). The lowest BCUT2D eigenvalue weighted by atomic mass is 10.1. The normalized spacial score (nSPS) is 17.0. The van der Waals surface area contributed by atoms with Crippen LogP contribution in [-0.4, -0.2) is 60.9 Å². The number of rotatable bonds is 4. The summed E-state index contributed by atoms with van der Waals surface area (Å²) in [6.07, 6.45) is 2.52. The van der Waals surface area contributed by atoms with Crippen LogP contribution in [0.25, 0.3) is 0 Å². The smallest absolute Gasteiger partial charge is 0.356 e. The Bertz CT molecular complexity index is 371. The molecule has 0 amide bonds. The van der Waals surface area contributed by atoms with Gasteiger partial charge in [0.05, 0.1) is 13.3 Å². The molecule has 1 saturated heterocycles. The van der Waals surface area contributed by atoms with Crippen LogP contribution in [0.3, 0.4) is 0 Å². The fourth-order valence-electron chi connectivity index (χ4n) is 1.99. The van der Waals surface area contributed by atoms with Crippen molar-refractivity contribution < 1.29 is 9.53 Å². The number of aromatic nitrogens is 2. The summed E-state index contributed by atoms with van der Waals surface area (Å²) < 4.78 is 4.69. The predicted octanol–water partition coefficient (Wildman–Crippen LogP) is -0.356. The largest absolute Gasteiger partial charge is 0.464 e. The van der Waals surface area contributed by atoms with Crippen molar-refractivity contribution in [1.29, 1.82) is 0 Å². The fourth-order valence-corrected chi connectivity index (χ4v) is 1.99. The minimum Gasteiger partial charge on any atom is -0.464 e. The Balaban J connectivity index is 1.89. The third-order valence-corrected chi connectivity index (χ3v) is 3.01. The van der Waals surface area contributed by atoms with Gasteiger partial charge in [0, 0.05) is 38.3 Å². The molecule has 2 rings (SSSR count). The number of hydrogen-bond donors (Lipinski definition) is 2. The minimum atomic E-state index is -0.349. The second-order valence-electron chi connectivity index (χ2n) is 4.10. The van der Waals surface area contributed by atoms with Crippen molar-refractivity contribution in [2.45, 2.75) is 6.42 Å². The molecular weight excluding hydrogens is 220 g/mol. The van der Waals surface area contributed by atoms with Crippen LogP contribution >= 0.6 is 0 Å². The SMILES string of the molecule is COC(=O)c1[nH]ncc1CCN1CCNCC1. The molecule has 0 aromatic carbocycles. The van der Waals surface area contributed by atoms with E-state index in [0.717, 1.165) is 44.7 Å². The quantitative estimate of drug-likeness (QED) is 0.701. The average molecular weight is 238 g/mol. The zero-order valence-corrected chi connectivity index (χ0v) is 10.0. The van der Waals surface area contributed by atoms with Gasteiger partial charge in [0.1, 0.15) is 5.69 Å². The molecule has 1 aliphatic rings. The van der Waals surface area contributed by atoms with Crippen LogP contribution in [-0.2, 0) is 11.2 Å². The van der Waals surface area contributed by atoms with Crippen LogP contribution in [0.1, 0.15) is 16.1 Å². The number of nitrogens with one attached hydrogen (secondary N) is 2. The van der Waals surface area contributed by atoms with E-state index in [9.17, 15) is 4.79 Å². The summed E-state index contributed by atoms with van der Waals surface area (Å²) in [5, 5.41) is 9.90. The van der Waals surface area contributed by atoms with Gasteiger partial charge in [-0.2, -0.15) is 5.10 Å². The summed E-state index contributed by atoms with van der Waals surface area (Å²) in [4.78, 5) is 13.8. The van der Waals surface area contributed by atoms with Gasteiger partial charge in [0.25, 0.3) is 0 Å². The number of H-pyrrole nitrogens is 1. The van der Waals surface area contributed by atoms with Crippen LogP contribution in [0.4, 0.5) is 0 Å². The summed E-state index contributed by atoms with van der Waals surface area (Å²) in [5.74, 6) is -0.349. The highest BCUT2D eigenvalue weighted by Gasteiger charge is 2.15.